The first-order valence-corrected chi connectivity index (χ1v) is 11.8. The maximum Gasteiger partial charge on any atom is 0.240 e. The van der Waals surface area contributed by atoms with Crippen molar-refractivity contribution in [2.45, 2.75) is 62.5 Å². The van der Waals surface area contributed by atoms with E-state index >= 15 is 0 Å². The molecule has 2 aromatic heterocycles. The van der Waals surface area contributed by atoms with Gasteiger partial charge in [0.15, 0.2) is 11.6 Å². The number of methoxy groups -OCH3 is 1. The quantitative estimate of drug-likeness (QED) is 0.643. The minimum atomic E-state index is -3.90. The maximum atomic E-state index is 13.2. The summed E-state index contributed by atoms with van der Waals surface area (Å²) >= 11 is 5.83. The topological polar surface area (TPSA) is 121 Å². The van der Waals surface area contributed by atoms with Crippen LogP contribution in [0.25, 0.3) is 0 Å². The normalized spacial score (nSPS) is 22.6. The summed E-state index contributed by atoms with van der Waals surface area (Å²) in [5, 5.41) is 7.79. The highest BCUT2D eigenvalue weighted by Crippen LogP contribution is 2.47. The van der Waals surface area contributed by atoms with Crippen molar-refractivity contribution >= 4 is 27.6 Å². The fraction of sp³-hybridized carbons (Fsp3) is 0.667. The van der Waals surface area contributed by atoms with Crippen LogP contribution in [0.2, 0.25) is 5.02 Å². The molecule has 1 saturated carbocycles. The predicted molar refractivity (Wildman–Crippen MR) is 110 cm³/mol. The van der Waals surface area contributed by atoms with E-state index in [4.69, 9.17) is 21.1 Å². The summed E-state index contributed by atoms with van der Waals surface area (Å²) < 4.78 is 42.0. The molecule has 12 heteroatoms. The molecule has 0 spiro atoms. The average Bonchev–Trinajstić information content (AvgIpc) is 3.12. The van der Waals surface area contributed by atoms with Crippen LogP contribution in [0.3, 0.4) is 0 Å². The van der Waals surface area contributed by atoms with Crippen LogP contribution in [0, 0.1) is 0 Å². The Labute approximate surface area is 180 Å². The molecule has 1 saturated heterocycles. The summed E-state index contributed by atoms with van der Waals surface area (Å²) in [4.78, 5) is 8.21. The van der Waals surface area contributed by atoms with Gasteiger partial charge in [-0.15, -0.1) is 10.2 Å². The van der Waals surface area contributed by atoms with Gasteiger partial charge in [0.1, 0.15) is 17.5 Å². The van der Waals surface area contributed by atoms with E-state index in [1.807, 2.05) is 4.57 Å². The lowest BCUT2D eigenvalue weighted by Gasteiger charge is -2.23. The summed E-state index contributed by atoms with van der Waals surface area (Å²) in [6.07, 6.45) is 5.40. The van der Waals surface area contributed by atoms with Crippen LogP contribution in [0.1, 0.15) is 63.4 Å². The standard InChI is InChI=1S/C18H25ClN6O4S/c1-11(14(28-3)15-20-9-12(19)10-21-15)30(26,27)24-17-23-22-16(13-5-4-8-29-13)25(17)18(2)6-7-18/h9-11,13-14H,4-8H2,1-3H3,(H,23,24)/t11-,13?,14-/m0/s1. The lowest BCUT2D eigenvalue weighted by Crippen LogP contribution is -2.34. The van der Waals surface area contributed by atoms with Crippen LogP contribution in [0.15, 0.2) is 12.4 Å². The van der Waals surface area contributed by atoms with Gasteiger partial charge in [-0.1, -0.05) is 11.6 Å². The fourth-order valence-corrected chi connectivity index (χ4v) is 4.88. The number of nitrogens with zero attached hydrogens (tertiary/aromatic N) is 5. The second-order valence-electron chi connectivity index (χ2n) is 7.98. The van der Waals surface area contributed by atoms with Gasteiger partial charge in [0.2, 0.25) is 16.0 Å². The molecule has 30 heavy (non-hydrogen) atoms. The van der Waals surface area contributed by atoms with Gasteiger partial charge in [-0.3, -0.25) is 9.29 Å². The third-order valence-electron chi connectivity index (χ3n) is 5.72. The molecule has 3 atom stereocenters. The Balaban J connectivity index is 1.62. The van der Waals surface area contributed by atoms with Gasteiger partial charge in [0.25, 0.3) is 0 Å². The van der Waals surface area contributed by atoms with Gasteiger partial charge < -0.3 is 9.47 Å². The molecule has 0 bridgehead atoms. The first kappa shape index (κ1) is 21.4. The second-order valence-corrected chi connectivity index (χ2v) is 10.5. The van der Waals surface area contributed by atoms with Crippen molar-refractivity contribution in [3.05, 3.63) is 29.1 Å². The van der Waals surface area contributed by atoms with Crippen LogP contribution >= 0.6 is 11.6 Å². The van der Waals surface area contributed by atoms with Crippen molar-refractivity contribution in [1.29, 1.82) is 0 Å². The Hall–Kier alpha value is -1.82. The van der Waals surface area contributed by atoms with Gasteiger partial charge >= 0.3 is 0 Å². The van der Waals surface area contributed by atoms with E-state index < -0.39 is 21.4 Å². The molecular formula is C18H25ClN6O4S. The number of nitrogens with one attached hydrogen (secondary N) is 1. The highest BCUT2D eigenvalue weighted by Gasteiger charge is 2.45. The highest BCUT2D eigenvalue weighted by atomic mass is 35.5. The minimum Gasteiger partial charge on any atom is -0.372 e. The lowest BCUT2D eigenvalue weighted by atomic mass is 10.2. The Morgan fingerprint density at radius 2 is 2.03 bits per heavy atom. The van der Waals surface area contributed by atoms with Gasteiger partial charge in [-0.05, 0) is 39.5 Å². The molecule has 2 fully saturated rings. The zero-order valence-electron chi connectivity index (χ0n) is 17.1. The van der Waals surface area contributed by atoms with E-state index in [-0.39, 0.29) is 23.4 Å². The molecule has 2 aromatic rings. The van der Waals surface area contributed by atoms with Crippen molar-refractivity contribution in [1.82, 2.24) is 24.7 Å². The minimum absolute atomic E-state index is 0.167. The van der Waals surface area contributed by atoms with Crippen LogP contribution in [0.4, 0.5) is 5.95 Å². The van der Waals surface area contributed by atoms with Crippen LogP contribution in [-0.4, -0.2) is 52.1 Å². The second kappa shape index (κ2) is 8.03. The molecule has 1 aliphatic heterocycles. The van der Waals surface area contributed by atoms with Gasteiger partial charge in [0, 0.05) is 31.6 Å². The summed E-state index contributed by atoms with van der Waals surface area (Å²) in [6.45, 7) is 4.27. The van der Waals surface area contributed by atoms with Gasteiger partial charge in [-0.2, -0.15) is 0 Å². The fourth-order valence-electron chi connectivity index (χ4n) is 3.65. The summed E-state index contributed by atoms with van der Waals surface area (Å²) in [5.74, 6) is 1.09. The number of ether oxygens (including phenoxy) is 2. The molecule has 0 aromatic carbocycles. The maximum absolute atomic E-state index is 13.2. The Bertz CT molecular complexity index is 1000. The highest BCUT2D eigenvalue weighted by molar-refractivity contribution is 7.93. The number of sulfonamides is 1. The van der Waals surface area contributed by atoms with Crippen molar-refractivity contribution in [2.75, 3.05) is 18.4 Å². The zero-order valence-corrected chi connectivity index (χ0v) is 18.6. The third-order valence-corrected chi connectivity index (χ3v) is 7.61. The molecule has 1 N–H and O–H groups in total. The molecule has 0 amide bonds. The van der Waals surface area contributed by atoms with E-state index in [1.54, 1.807) is 0 Å². The zero-order chi connectivity index (χ0) is 21.5. The lowest BCUT2D eigenvalue weighted by molar-refractivity contribution is 0.0949. The molecule has 164 valence electrons. The SMILES string of the molecule is CO[C@H](c1ncc(Cl)cn1)[C@H](C)S(=O)(=O)Nc1nnc(C2CCCO2)n1C1(C)CC1. The number of anilines is 1. The molecule has 3 heterocycles. The number of rotatable bonds is 8. The molecule has 1 aliphatic carbocycles. The number of aromatic nitrogens is 5. The molecule has 2 aliphatic rings. The summed E-state index contributed by atoms with van der Waals surface area (Å²) in [6, 6.07) is 0. The van der Waals surface area contributed by atoms with E-state index in [2.05, 4.69) is 31.8 Å². The van der Waals surface area contributed by atoms with Crippen molar-refractivity contribution in [3.63, 3.8) is 0 Å². The largest absolute Gasteiger partial charge is 0.372 e. The van der Waals surface area contributed by atoms with E-state index in [0.29, 0.717) is 17.5 Å². The van der Waals surface area contributed by atoms with Crippen molar-refractivity contribution in [3.8, 4) is 0 Å². The van der Waals surface area contributed by atoms with Gasteiger partial charge in [0.05, 0.1) is 5.02 Å². The number of hydrogen-bond acceptors (Lipinski definition) is 8. The third kappa shape index (κ3) is 4.03. The predicted octanol–water partition coefficient (Wildman–Crippen LogP) is 2.60. The number of hydrogen-bond donors (Lipinski definition) is 1. The van der Waals surface area contributed by atoms with Crippen molar-refractivity contribution < 1.29 is 17.9 Å². The van der Waals surface area contributed by atoms with E-state index in [1.165, 1.54) is 26.4 Å². The smallest absolute Gasteiger partial charge is 0.240 e. The van der Waals surface area contributed by atoms with Crippen LogP contribution in [-0.2, 0) is 25.0 Å². The summed E-state index contributed by atoms with van der Waals surface area (Å²) in [5.41, 5.74) is -0.216. The van der Waals surface area contributed by atoms with E-state index in [0.717, 1.165) is 25.7 Å². The number of halogens is 1. The molecule has 10 nitrogen and oxygen atoms in total. The van der Waals surface area contributed by atoms with Gasteiger partial charge in [-0.25, -0.2) is 18.4 Å². The first-order chi connectivity index (χ1) is 14.2. The van der Waals surface area contributed by atoms with Crippen LogP contribution < -0.4 is 4.72 Å². The first-order valence-electron chi connectivity index (χ1n) is 9.84. The molecular weight excluding hydrogens is 432 g/mol. The summed E-state index contributed by atoms with van der Waals surface area (Å²) in [7, 11) is -2.49. The van der Waals surface area contributed by atoms with Crippen molar-refractivity contribution in [2.24, 2.45) is 0 Å². The molecule has 0 radical (unpaired) electrons. The Morgan fingerprint density at radius 3 is 2.60 bits per heavy atom. The molecule has 1 unspecified atom stereocenters. The Kier molecular flexibility index (Phi) is 5.73. The average molecular weight is 457 g/mol. The van der Waals surface area contributed by atoms with E-state index in [9.17, 15) is 8.42 Å². The van der Waals surface area contributed by atoms with Crippen LogP contribution in [0.5, 0.6) is 0 Å². The Morgan fingerprint density at radius 1 is 1.33 bits per heavy atom. The molecule has 4 rings (SSSR count). The monoisotopic (exact) mass is 456 g/mol.